The van der Waals surface area contributed by atoms with Crippen LogP contribution < -0.4 is 5.73 Å². The van der Waals surface area contributed by atoms with Gasteiger partial charge in [-0.05, 0) is 30.0 Å². The average Bonchev–Trinajstić information content (AvgIpc) is 2.86. The number of nitrogens with zero attached hydrogens (tertiary/aromatic N) is 1. The van der Waals surface area contributed by atoms with E-state index in [1.54, 1.807) is 12.3 Å². The molecule has 0 fully saturated rings. The zero-order chi connectivity index (χ0) is 15.2. The van der Waals surface area contributed by atoms with Crippen molar-refractivity contribution in [3.63, 3.8) is 0 Å². The molecular weight excluding hydrogens is 264 g/mol. The van der Waals surface area contributed by atoms with Crippen LogP contribution in [0.1, 0.15) is 41.9 Å². The summed E-state index contributed by atoms with van der Waals surface area (Å²) in [5, 5.41) is 0. The number of hydrogen-bond donors (Lipinski definition) is 1. The zero-order valence-electron chi connectivity index (χ0n) is 12.6. The maximum atomic E-state index is 12.2. The number of nitrogen functional groups attached to an aromatic ring is 1. The monoisotopic (exact) mass is 286 g/mol. The van der Waals surface area contributed by atoms with E-state index in [9.17, 15) is 4.79 Å². The second-order valence-corrected chi connectivity index (χ2v) is 5.10. The van der Waals surface area contributed by atoms with E-state index in [-0.39, 0.29) is 12.6 Å². The standard InChI is InChI=1S/C17H22N2O2/c1-3-9-19-11-15(18)10-16(19)17(20)21-12-14-7-5-13(4-2)6-8-14/h5-8,10-11H,3-4,9,12,18H2,1-2H3. The van der Waals surface area contributed by atoms with Crippen LogP contribution in [-0.4, -0.2) is 10.5 Å². The van der Waals surface area contributed by atoms with Gasteiger partial charge in [-0.1, -0.05) is 38.1 Å². The third-order valence-corrected chi connectivity index (χ3v) is 3.39. The molecule has 0 bridgehead atoms. The summed E-state index contributed by atoms with van der Waals surface area (Å²) in [6.07, 6.45) is 3.72. The molecule has 2 N–H and O–H groups in total. The van der Waals surface area contributed by atoms with E-state index in [2.05, 4.69) is 26.0 Å². The van der Waals surface area contributed by atoms with E-state index >= 15 is 0 Å². The first-order chi connectivity index (χ1) is 10.1. The van der Waals surface area contributed by atoms with Crippen LogP contribution in [0.3, 0.4) is 0 Å². The van der Waals surface area contributed by atoms with Gasteiger partial charge in [0.1, 0.15) is 12.3 Å². The second-order valence-electron chi connectivity index (χ2n) is 5.10. The molecule has 0 spiro atoms. The third kappa shape index (κ3) is 3.88. The van der Waals surface area contributed by atoms with Crippen molar-refractivity contribution in [1.29, 1.82) is 0 Å². The second kappa shape index (κ2) is 6.97. The van der Waals surface area contributed by atoms with Crippen LogP contribution >= 0.6 is 0 Å². The molecular formula is C17H22N2O2. The number of carbonyl (C=O) groups excluding carboxylic acids is 1. The highest BCUT2D eigenvalue weighted by molar-refractivity contribution is 5.89. The van der Waals surface area contributed by atoms with Gasteiger partial charge in [-0.15, -0.1) is 0 Å². The molecule has 1 heterocycles. The molecule has 0 saturated heterocycles. The molecule has 0 unspecified atom stereocenters. The molecule has 21 heavy (non-hydrogen) atoms. The minimum Gasteiger partial charge on any atom is -0.456 e. The van der Waals surface area contributed by atoms with Crippen LogP contribution in [0, 0.1) is 0 Å². The predicted molar refractivity (Wildman–Crippen MR) is 84.1 cm³/mol. The number of anilines is 1. The van der Waals surface area contributed by atoms with E-state index in [1.165, 1.54) is 5.56 Å². The summed E-state index contributed by atoms with van der Waals surface area (Å²) in [4.78, 5) is 12.2. The van der Waals surface area contributed by atoms with Crippen molar-refractivity contribution >= 4 is 11.7 Å². The highest BCUT2D eigenvalue weighted by atomic mass is 16.5. The van der Waals surface area contributed by atoms with Crippen LogP contribution in [-0.2, 0) is 24.3 Å². The summed E-state index contributed by atoms with van der Waals surface area (Å²) in [6.45, 7) is 5.20. The quantitative estimate of drug-likeness (QED) is 0.828. The van der Waals surface area contributed by atoms with Crippen molar-refractivity contribution in [3.05, 3.63) is 53.3 Å². The fraction of sp³-hybridized carbons (Fsp3) is 0.353. The maximum Gasteiger partial charge on any atom is 0.355 e. The lowest BCUT2D eigenvalue weighted by atomic mass is 10.1. The van der Waals surface area contributed by atoms with E-state index in [1.807, 2.05) is 16.7 Å². The van der Waals surface area contributed by atoms with Crippen molar-refractivity contribution < 1.29 is 9.53 Å². The third-order valence-electron chi connectivity index (χ3n) is 3.39. The van der Waals surface area contributed by atoms with Gasteiger partial charge >= 0.3 is 5.97 Å². The first-order valence-corrected chi connectivity index (χ1v) is 7.34. The van der Waals surface area contributed by atoms with Crippen LogP contribution in [0.25, 0.3) is 0 Å². The molecule has 4 heteroatoms. The molecule has 4 nitrogen and oxygen atoms in total. The SMILES string of the molecule is CCCn1cc(N)cc1C(=O)OCc1ccc(CC)cc1. The Bertz CT molecular complexity index is 600. The molecule has 0 atom stereocenters. The molecule has 2 aromatic rings. The number of aromatic nitrogens is 1. The Morgan fingerprint density at radius 2 is 1.86 bits per heavy atom. The molecule has 0 aliphatic heterocycles. The van der Waals surface area contributed by atoms with Gasteiger partial charge in [-0.3, -0.25) is 0 Å². The van der Waals surface area contributed by atoms with E-state index in [0.717, 1.165) is 24.9 Å². The van der Waals surface area contributed by atoms with Crippen LogP contribution in [0.15, 0.2) is 36.5 Å². The summed E-state index contributed by atoms with van der Waals surface area (Å²) in [6, 6.07) is 9.76. The first kappa shape index (κ1) is 15.2. The molecule has 1 aromatic heterocycles. The summed E-state index contributed by atoms with van der Waals surface area (Å²) in [5.74, 6) is -0.334. The van der Waals surface area contributed by atoms with Crippen LogP contribution in [0.5, 0.6) is 0 Å². The van der Waals surface area contributed by atoms with Crippen molar-refractivity contribution in [1.82, 2.24) is 4.57 Å². The van der Waals surface area contributed by atoms with Crippen molar-refractivity contribution in [2.45, 2.75) is 39.8 Å². The summed E-state index contributed by atoms with van der Waals surface area (Å²) < 4.78 is 7.22. The van der Waals surface area contributed by atoms with E-state index in [0.29, 0.717) is 11.4 Å². The number of aryl methyl sites for hydroxylation is 2. The van der Waals surface area contributed by atoms with Gasteiger partial charge in [0.15, 0.2) is 0 Å². The Morgan fingerprint density at radius 1 is 1.19 bits per heavy atom. The summed E-state index contributed by atoms with van der Waals surface area (Å²) in [5.41, 5.74) is 9.12. The number of nitrogens with two attached hydrogens (primary N) is 1. The fourth-order valence-electron chi connectivity index (χ4n) is 2.22. The number of benzene rings is 1. The van der Waals surface area contributed by atoms with Gasteiger partial charge in [-0.2, -0.15) is 0 Å². The number of ether oxygens (including phenoxy) is 1. The topological polar surface area (TPSA) is 57.2 Å². The van der Waals surface area contributed by atoms with Crippen molar-refractivity contribution in [2.75, 3.05) is 5.73 Å². The van der Waals surface area contributed by atoms with Crippen LogP contribution in [0.4, 0.5) is 5.69 Å². The van der Waals surface area contributed by atoms with Crippen molar-refractivity contribution in [3.8, 4) is 0 Å². The molecule has 0 saturated carbocycles. The van der Waals surface area contributed by atoms with Gasteiger partial charge in [0.05, 0.1) is 5.69 Å². The Balaban J connectivity index is 2.00. The number of carbonyl (C=O) groups is 1. The smallest absolute Gasteiger partial charge is 0.355 e. The predicted octanol–water partition coefficient (Wildman–Crippen LogP) is 3.40. The van der Waals surface area contributed by atoms with Gasteiger partial charge in [-0.25, -0.2) is 4.79 Å². The lowest BCUT2D eigenvalue weighted by Gasteiger charge is -2.08. The fourth-order valence-corrected chi connectivity index (χ4v) is 2.22. The lowest BCUT2D eigenvalue weighted by Crippen LogP contribution is -2.11. The largest absolute Gasteiger partial charge is 0.456 e. The minimum atomic E-state index is -0.334. The molecule has 112 valence electrons. The van der Waals surface area contributed by atoms with Crippen LogP contribution in [0.2, 0.25) is 0 Å². The number of esters is 1. The van der Waals surface area contributed by atoms with Crippen molar-refractivity contribution in [2.24, 2.45) is 0 Å². The summed E-state index contributed by atoms with van der Waals surface area (Å²) in [7, 11) is 0. The summed E-state index contributed by atoms with van der Waals surface area (Å²) >= 11 is 0. The van der Waals surface area contributed by atoms with Gasteiger partial charge in [0, 0.05) is 12.7 Å². The molecule has 0 aliphatic carbocycles. The average molecular weight is 286 g/mol. The normalized spacial score (nSPS) is 10.6. The maximum absolute atomic E-state index is 12.2. The first-order valence-electron chi connectivity index (χ1n) is 7.34. The van der Waals surface area contributed by atoms with Gasteiger partial charge in [0.2, 0.25) is 0 Å². The van der Waals surface area contributed by atoms with Gasteiger partial charge in [0.25, 0.3) is 0 Å². The molecule has 0 amide bonds. The Morgan fingerprint density at radius 3 is 2.48 bits per heavy atom. The highest BCUT2D eigenvalue weighted by Gasteiger charge is 2.14. The van der Waals surface area contributed by atoms with E-state index < -0.39 is 0 Å². The molecule has 0 radical (unpaired) electrons. The highest BCUT2D eigenvalue weighted by Crippen LogP contribution is 2.14. The Kier molecular flexibility index (Phi) is 5.04. The molecule has 1 aromatic carbocycles. The number of rotatable bonds is 6. The lowest BCUT2D eigenvalue weighted by molar-refractivity contribution is 0.0460. The number of hydrogen-bond acceptors (Lipinski definition) is 3. The zero-order valence-corrected chi connectivity index (χ0v) is 12.6. The molecule has 2 rings (SSSR count). The van der Waals surface area contributed by atoms with E-state index in [4.69, 9.17) is 10.5 Å². The molecule has 0 aliphatic rings. The van der Waals surface area contributed by atoms with Gasteiger partial charge < -0.3 is 15.0 Å². The Hall–Kier alpha value is -2.23. The Labute approximate surface area is 125 Å². The minimum absolute atomic E-state index is 0.278.